The first-order valence-corrected chi connectivity index (χ1v) is 17.7. The van der Waals surface area contributed by atoms with Crippen LogP contribution in [0.25, 0.3) is 0 Å². The highest BCUT2D eigenvalue weighted by Gasteiger charge is 2.38. The van der Waals surface area contributed by atoms with E-state index in [-0.39, 0.29) is 11.4 Å². The van der Waals surface area contributed by atoms with Crippen LogP contribution < -0.4 is 0 Å². The molecule has 0 radical (unpaired) electrons. The van der Waals surface area contributed by atoms with E-state index in [1.165, 1.54) is 141 Å². The minimum absolute atomic E-state index is 0.114. The Morgan fingerprint density at radius 2 is 0.850 bits per heavy atom. The molecule has 1 N–H and O–H groups in total. The van der Waals surface area contributed by atoms with Crippen molar-refractivity contribution < 1.29 is 19.4 Å². The van der Waals surface area contributed by atoms with Gasteiger partial charge in [-0.1, -0.05) is 169 Å². The van der Waals surface area contributed by atoms with E-state index >= 15 is 0 Å². The quantitative estimate of drug-likeness (QED) is 0.0753. The summed E-state index contributed by atoms with van der Waals surface area (Å²) in [7, 11) is 0. The number of rotatable bonds is 28. The molecule has 0 spiro atoms. The second-order valence-corrected chi connectivity index (χ2v) is 12.3. The molecule has 0 unspecified atom stereocenters. The van der Waals surface area contributed by atoms with Crippen LogP contribution in [0.1, 0.15) is 202 Å². The van der Waals surface area contributed by atoms with Crippen molar-refractivity contribution in [2.24, 2.45) is 11.3 Å². The first-order chi connectivity index (χ1) is 19.3. The van der Waals surface area contributed by atoms with Crippen LogP contribution in [-0.4, -0.2) is 23.7 Å². The molecule has 4 nitrogen and oxygen atoms in total. The van der Waals surface area contributed by atoms with E-state index in [0.29, 0.717) is 6.61 Å². The van der Waals surface area contributed by atoms with Crippen LogP contribution in [0.2, 0.25) is 0 Å². The highest BCUT2D eigenvalue weighted by atomic mass is 16.5. The van der Waals surface area contributed by atoms with Crippen LogP contribution in [0, 0.1) is 11.3 Å². The monoisotopic (exact) mass is 569 g/mol. The molecule has 0 aliphatic rings. The zero-order valence-corrected chi connectivity index (χ0v) is 28.1. The second-order valence-electron chi connectivity index (χ2n) is 12.3. The Morgan fingerprint density at radius 1 is 0.550 bits per heavy atom. The number of esters is 1. The largest absolute Gasteiger partial charge is 0.481 e. The van der Waals surface area contributed by atoms with Gasteiger partial charge in [0.15, 0.2) is 0 Å². The maximum atomic E-state index is 13.3. The Labute approximate surface area is 251 Å². The van der Waals surface area contributed by atoms with Crippen molar-refractivity contribution in [3.8, 4) is 0 Å². The molecule has 0 aromatic rings. The van der Waals surface area contributed by atoms with E-state index < -0.39 is 5.97 Å². The minimum Gasteiger partial charge on any atom is -0.481 e. The minimum atomic E-state index is -0.833. The van der Waals surface area contributed by atoms with Gasteiger partial charge in [0.2, 0.25) is 0 Å². The number of carbonyl (C=O) groups excluding carboxylic acids is 1. The number of hydrogen-bond acceptors (Lipinski definition) is 3. The predicted molar refractivity (Wildman–Crippen MR) is 174 cm³/mol. The Hall–Kier alpha value is -1.06. The Balaban J connectivity index is 0. The normalized spacial score (nSPS) is 11.4. The van der Waals surface area contributed by atoms with Gasteiger partial charge in [-0.2, -0.15) is 0 Å². The van der Waals surface area contributed by atoms with Gasteiger partial charge in [-0.15, -0.1) is 0 Å². The first-order valence-electron chi connectivity index (χ1n) is 17.7. The summed E-state index contributed by atoms with van der Waals surface area (Å²) in [4.78, 5) is 22.3. The summed E-state index contributed by atoms with van der Waals surface area (Å²) >= 11 is 0. The molecule has 0 aromatic heterocycles. The number of carbonyl (C=O) groups is 2. The number of ether oxygens (including phenoxy) is 1. The summed E-state index contributed by atoms with van der Waals surface area (Å²) in [5.74, 6) is 0.208. The van der Waals surface area contributed by atoms with Crippen molar-refractivity contribution in [1.82, 2.24) is 0 Å². The lowest BCUT2D eigenvalue weighted by Gasteiger charge is -2.32. The van der Waals surface area contributed by atoms with Gasteiger partial charge in [0.05, 0.1) is 12.0 Å². The zero-order chi connectivity index (χ0) is 30.3. The Morgan fingerprint density at radius 3 is 1.15 bits per heavy atom. The molecule has 0 bridgehead atoms. The number of carboxylic acid groups (broad SMARTS) is 1. The fourth-order valence-electron chi connectivity index (χ4n) is 5.97. The molecule has 0 amide bonds. The molecule has 0 saturated heterocycles. The molecule has 240 valence electrons. The van der Waals surface area contributed by atoms with Crippen LogP contribution in [0.5, 0.6) is 0 Å². The molecule has 0 aliphatic heterocycles. The third kappa shape index (κ3) is 25.9. The van der Waals surface area contributed by atoms with E-state index in [1.807, 2.05) is 6.92 Å². The maximum absolute atomic E-state index is 13.3. The van der Waals surface area contributed by atoms with Crippen LogP contribution in [0.15, 0.2) is 0 Å². The second kappa shape index (κ2) is 30.9. The van der Waals surface area contributed by atoms with Crippen molar-refractivity contribution in [2.45, 2.75) is 202 Å². The molecule has 0 saturated carbocycles. The summed E-state index contributed by atoms with van der Waals surface area (Å²) in [5.41, 5.74) is -0.225. The number of aliphatic carboxylic acids is 1. The molecular weight excluding hydrogens is 496 g/mol. The molecule has 4 heteroatoms. The van der Waals surface area contributed by atoms with E-state index in [4.69, 9.17) is 14.6 Å². The molecular formula is C36H72O4. The molecule has 0 rings (SSSR count). The van der Waals surface area contributed by atoms with Gasteiger partial charge in [-0.3, -0.25) is 9.59 Å². The molecule has 0 fully saturated rings. The van der Waals surface area contributed by atoms with Crippen molar-refractivity contribution in [3.63, 3.8) is 0 Å². The van der Waals surface area contributed by atoms with Crippen LogP contribution in [0.4, 0.5) is 0 Å². The van der Waals surface area contributed by atoms with Gasteiger partial charge in [-0.25, -0.2) is 0 Å². The number of unbranched alkanes of at least 4 members (excludes halogenated alkanes) is 14. The van der Waals surface area contributed by atoms with Crippen molar-refractivity contribution in [2.75, 3.05) is 6.61 Å². The average molecular weight is 569 g/mol. The molecule has 0 aromatic carbocycles. The zero-order valence-electron chi connectivity index (χ0n) is 28.1. The number of carboxylic acids is 1. The van der Waals surface area contributed by atoms with Gasteiger partial charge < -0.3 is 9.84 Å². The Kier molecular flexibility index (Phi) is 31.7. The van der Waals surface area contributed by atoms with Gasteiger partial charge >= 0.3 is 5.97 Å². The van der Waals surface area contributed by atoms with Gasteiger partial charge in [0.1, 0.15) is 0 Å². The van der Waals surface area contributed by atoms with Crippen LogP contribution in [-0.2, 0) is 14.3 Å². The third-order valence-electron chi connectivity index (χ3n) is 8.43. The van der Waals surface area contributed by atoms with Gasteiger partial charge in [0, 0.05) is 6.92 Å². The lowest BCUT2D eigenvalue weighted by molar-refractivity contribution is -0.157. The standard InChI is InChI=1S/C34H68O2.C2H4O2/c1-6-11-15-20-26-32(27-21-16-12-7-2)28-22-19-25-31-34(33(35)36-10-5,29-23-17-13-8-3)30-24-18-14-9-4;1-2(3)4/h32H,6-31H2,1-5H3;1H3,(H,3,4). The third-order valence-corrected chi connectivity index (χ3v) is 8.43. The van der Waals surface area contributed by atoms with Crippen molar-refractivity contribution in [3.05, 3.63) is 0 Å². The smallest absolute Gasteiger partial charge is 0.312 e. The summed E-state index contributed by atoms with van der Waals surface area (Å²) in [6.07, 6.45) is 32.3. The molecule has 0 atom stereocenters. The average Bonchev–Trinajstić information content (AvgIpc) is 2.92. The predicted octanol–water partition coefficient (Wildman–Crippen LogP) is 12.1. The van der Waals surface area contributed by atoms with Crippen molar-refractivity contribution >= 4 is 11.9 Å². The first kappa shape index (κ1) is 41.1. The lowest BCUT2D eigenvalue weighted by atomic mass is 9.73. The maximum Gasteiger partial charge on any atom is 0.312 e. The van der Waals surface area contributed by atoms with E-state index in [0.717, 1.165) is 32.1 Å². The van der Waals surface area contributed by atoms with E-state index in [9.17, 15) is 4.79 Å². The topological polar surface area (TPSA) is 63.6 Å². The molecule has 0 heterocycles. The fourth-order valence-corrected chi connectivity index (χ4v) is 5.97. The van der Waals surface area contributed by atoms with Gasteiger partial charge in [0.25, 0.3) is 5.97 Å². The highest BCUT2D eigenvalue weighted by Crippen LogP contribution is 2.39. The van der Waals surface area contributed by atoms with Crippen LogP contribution >= 0.6 is 0 Å². The fraction of sp³-hybridized carbons (Fsp3) is 0.944. The Bertz CT molecular complexity index is 517. The summed E-state index contributed by atoms with van der Waals surface area (Å²) in [5, 5.41) is 7.42. The van der Waals surface area contributed by atoms with E-state index in [2.05, 4.69) is 27.7 Å². The number of hydrogen-bond donors (Lipinski definition) is 1. The van der Waals surface area contributed by atoms with E-state index in [1.54, 1.807) is 0 Å². The van der Waals surface area contributed by atoms with Crippen molar-refractivity contribution in [1.29, 1.82) is 0 Å². The lowest BCUT2D eigenvalue weighted by Crippen LogP contribution is -2.33. The molecule has 40 heavy (non-hydrogen) atoms. The highest BCUT2D eigenvalue weighted by molar-refractivity contribution is 5.76. The van der Waals surface area contributed by atoms with Gasteiger partial charge in [-0.05, 0) is 32.1 Å². The summed E-state index contributed by atoms with van der Waals surface area (Å²) in [6, 6.07) is 0. The summed E-state index contributed by atoms with van der Waals surface area (Å²) in [6.45, 7) is 12.7. The molecule has 0 aliphatic carbocycles. The summed E-state index contributed by atoms with van der Waals surface area (Å²) < 4.78 is 5.71. The SMILES string of the molecule is CC(=O)O.CCCCCCC(CCCCCC)CCCCCC(CCCCCC)(CCCCCC)C(=O)OCC. The van der Waals surface area contributed by atoms with Crippen LogP contribution in [0.3, 0.4) is 0 Å².